The minimum atomic E-state index is -0.593. The predicted octanol–water partition coefficient (Wildman–Crippen LogP) is 1.47. The quantitative estimate of drug-likeness (QED) is 0.607. The summed E-state index contributed by atoms with van der Waals surface area (Å²) >= 11 is 0. The molecule has 160 valence electrons. The first kappa shape index (κ1) is 21.8. The largest absolute Gasteiger partial charge is 0.378 e. The van der Waals surface area contributed by atoms with Gasteiger partial charge in [0, 0.05) is 38.2 Å². The first-order valence-corrected chi connectivity index (χ1v) is 10.7. The lowest BCUT2D eigenvalue weighted by atomic mass is 10.0. The third-order valence-electron chi connectivity index (χ3n) is 5.87. The van der Waals surface area contributed by atoms with Gasteiger partial charge in [0.05, 0.1) is 25.7 Å². The summed E-state index contributed by atoms with van der Waals surface area (Å²) in [5, 5.41) is 5.66. The van der Waals surface area contributed by atoms with Gasteiger partial charge >= 0.3 is 11.8 Å². The molecule has 1 heterocycles. The van der Waals surface area contributed by atoms with Gasteiger partial charge in [0.1, 0.15) is 6.04 Å². The van der Waals surface area contributed by atoms with Crippen LogP contribution < -0.4 is 20.4 Å². The Morgan fingerprint density at radius 2 is 1.57 bits per heavy atom. The molecule has 2 atom stereocenters. The van der Waals surface area contributed by atoms with E-state index < -0.39 is 11.8 Å². The zero-order valence-corrected chi connectivity index (χ0v) is 18.2. The smallest absolute Gasteiger partial charge is 0.309 e. The van der Waals surface area contributed by atoms with Crippen LogP contribution in [0.25, 0.3) is 0 Å². The second kappa shape index (κ2) is 10.3. The molecule has 2 amide bonds. The van der Waals surface area contributed by atoms with Crippen LogP contribution in [0.15, 0.2) is 54.6 Å². The minimum absolute atomic E-state index is 0.145. The summed E-state index contributed by atoms with van der Waals surface area (Å²) in [7, 11) is 4.04. The molecule has 0 aromatic heterocycles. The number of benzene rings is 2. The Morgan fingerprint density at radius 1 is 0.933 bits per heavy atom. The maximum Gasteiger partial charge on any atom is 0.309 e. The van der Waals surface area contributed by atoms with Crippen molar-refractivity contribution in [2.45, 2.75) is 31.8 Å². The molecule has 1 aliphatic rings. The molecular formula is C24H33N4O2+. The number of rotatable bonds is 7. The number of hydrogen-bond donors (Lipinski definition) is 3. The van der Waals surface area contributed by atoms with Gasteiger partial charge in [0.15, 0.2) is 0 Å². The highest BCUT2D eigenvalue weighted by Crippen LogP contribution is 2.17. The van der Waals surface area contributed by atoms with E-state index in [-0.39, 0.29) is 12.1 Å². The summed E-state index contributed by atoms with van der Waals surface area (Å²) in [5.74, 6) is -1.17. The van der Waals surface area contributed by atoms with Crippen molar-refractivity contribution in [2.24, 2.45) is 0 Å². The Bertz CT molecular complexity index is 830. The van der Waals surface area contributed by atoms with E-state index in [1.165, 1.54) is 23.3 Å². The molecule has 0 bridgehead atoms. The van der Waals surface area contributed by atoms with Crippen LogP contribution in [0.3, 0.4) is 0 Å². The van der Waals surface area contributed by atoms with Crippen LogP contribution in [-0.4, -0.2) is 45.5 Å². The molecule has 2 aromatic rings. The average molecular weight is 410 g/mol. The van der Waals surface area contributed by atoms with Crippen LogP contribution >= 0.6 is 0 Å². The standard InChI is InChI=1S/C24H32N4O2/c1-18(19-9-5-4-6-10-19)26-24(30)23(29)25-17-22(28-15-7-8-16-28)20-11-13-21(14-12-20)27(2)3/h4-6,9-14,18,22H,7-8,15-17H2,1-3H3,(H,25,29)(H,26,30)/p+1/t18-,22+/m1/s1. The summed E-state index contributed by atoms with van der Waals surface area (Å²) in [6, 6.07) is 18.0. The summed E-state index contributed by atoms with van der Waals surface area (Å²) in [6.45, 7) is 4.51. The highest BCUT2D eigenvalue weighted by molar-refractivity contribution is 6.35. The van der Waals surface area contributed by atoms with Gasteiger partial charge in [0.25, 0.3) is 0 Å². The van der Waals surface area contributed by atoms with Gasteiger partial charge in [0.2, 0.25) is 0 Å². The lowest BCUT2D eigenvalue weighted by Crippen LogP contribution is -3.11. The van der Waals surface area contributed by atoms with Crippen LogP contribution in [0.5, 0.6) is 0 Å². The van der Waals surface area contributed by atoms with E-state index in [9.17, 15) is 9.59 Å². The number of carbonyl (C=O) groups is 2. The third kappa shape index (κ3) is 5.60. The molecule has 6 nitrogen and oxygen atoms in total. The third-order valence-corrected chi connectivity index (χ3v) is 5.87. The SMILES string of the molecule is C[C@@H](NC(=O)C(=O)NC[C@@H](c1ccc(N(C)C)cc1)[NH+]1CCCC1)c1ccccc1. The van der Waals surface area contributed by atoms with Crippen molar-refractivity contribution < 1.29 is 14.5 Å². The first-order valence-electron chi connectivity index (χ1n) is 10.7. The summed E-state index contributed by atoms with van der Waals surface area (Å²) in [6.07, 6.45) is 2.40. The van der Waals surface area contributed by atoms with Gasteiger partial charge in [-0.05, 0) is 24.6 Å². The Labute approximate surface area is 179 Å². The molecular weight excluding hydrogens is 376 g/mol. The van der Waals surface area contributed by atoms with Crippen molar-refractivity contribution in [1.29, 1.82) is 0 Å². The number of amides is 2. The Kier molecular flexibility index (Phi) is 7.46. The van der Waals surface area contributed by atoms with Gasteiger partial charge in [-0.15, -0.1) is 0 Å². The number of nitrogens with one attached hydrogen (secondary N) is 3. The number of nitrogens with zero attached hydrogens (tertiary/aromatic N) is 1. The van der Waals surface area contributed by atoms with Crippen LogP contribution in [0, 0.1) is 0 Å². The molecule has 30 heavy (non-hydrogen) atoms. The fraction of sp³-hybridized carbons (Fsp3) is 0.417. The molecule has 0 unspecified atom stereocenters. The molecule has 2 aromatic carbocycles. The zero-order chi connectivity index (χ0) is 21.5. The van der Waals surface area contributed by atoms with Crippen LogP contribution in [0.4, 0.5) is 5.69 Å². The minimum Gasteiger partial charge on any atom is -0.378 e. The predicted molar refractivity (Wildman–Crippen MR) is 119 cm³/mol. The second-order valence-corrected chi connectivity index (χ2v) is 8.22. The first-order chi connectivity index (χ1) is 14.5. The number of carbonyl (C=O) groups excluding carboxylic acids is 2. The molecule has 3 N–H and O–H groups in total. The van der Waals surface area contributed by atoms with Crippen molar-refractivity contribution >= 4 is 17.5 Å². The molecule has 0 saturated carbocycles. The van der Waals surface area contributed by atoms with Gasteiger partial charge in [-0.2, -0.15) is 0 Å². The van der Waals surface area contributed by atoms with Crippen molar-refractivity contribution in [3.8, 4) is 0 Å². The van der Waals surface area contributed by atoms with Crippen molar-refractivity contribution in [2.75, 3.05) is 38.6 Å². The topological polar surface area (TPSA) is 65.9 Å². The van der Waals surface area contributed by atoms with E-state index in [1.54, 1.807) is 0 Å². The highest BCUT2D eigenvalue weighted by Gasteiger charge is 2.29. The van der Waals surface area contributed by atoms with Crippen LogP contribution in [-0.2, 0) is 9.59 Å². The van der Waals surface area contributed by atoms with Crippen molar-refractivity contribution in [3.05, 3.63) is 65.7 Å². The Hall–Kier alpha value is -2.86. The van der Waals surface area contributed by atoms with Crippen molar-refractivity contribution in [1.82, 2.24) is 10.6 Å². The van der Waals surface area contributed by atoms with E-state index in [0.29, 0.717) is 6.54 Å². The van der Waals surface area contributed by atoms with Crippen molar-refractivity contribution in [3.63, 3.8) is 0 Å². The molecule has 6 heteroatoms. The van der Waals surface area contributed by atoms with Crippen LogP contribution in [0.1, 0.15) is 43.0 Å². The maximum absolute atomic E-state index is 12.5. The fourth-order valence-electron chi connectivity index (χ4n) is 4.04. The van der Waals surface area contributed by atoms with E-state index >= 15 is 0 Å². The maximum atomic E-state index is 12.5. The molecule has 1 fully saturated rings. The Morgan fingerprint density at radius 3 is 2.17 bits per heavy atom. The highest BCUT2D eigenvalue weighted by atomic mass is 16.2. The van der Waals surface area contributed by atoms with E-state index in [0.717, 1.165) is 24.3 Å². The normalized spacial score (nSPS) is 16.0. The molecule has 3 rings (SSSR count). The lowest BCUT2D eigenvalue weighted by molar-refractivity contribution is -0.918. The average Bonchev–Trinajstić information content (AvgIpc) is 3.29. The van der Waals surface area contributed by atoms with Gasteiger partial charge in [-0.1, -0.05) is 42.5 Å². The van der Waals surface area contributed by atoms with Gasteiger partial charge in [-0.3, -0.25) is 9.59 Å². The molecule has 0 aliphatic carbocycles. The number of likely N-dealkylation sites (tertiary alicyclic amines) is 1. The zero-order valence-electron chi connectivity index (χ0n) is 18.2. The van der Waals surface area contributed by atoms with Gasteiger partial charge < -0.3 is 20.4 Å². The molecule has 0 radical (unpaired) electrons. The van der Waals surface area contributed by atoms with Gasteiger partial charge in [-0.25, -0.2) is 0 Å². The fourth-order valence-corrected chi connectivity index (χ4v) is 4.04. The van der Waals surface area contributed by atoms with E-state index in [4.69, 9.17) is 0 Å². The molecule has 1 saturated heterocycles. The molecule has 1 aliphatic heterocycles. The summed E-state index contributed by atoms with van der Waals surface area (Å²) < 4.78 is 0. The summed E-state index contributed by atoms with van der Waals surface area (Å²) in [4.78, 5) is 28.4. The van der Waals surface area contributed by atoms with E-state index in [2.05, 4.69) is 39.8 Å². The summed E-state index contributed by atoms with van der Waals surface area (Å²) in [5.41, 5.74) is 3.31. The molecule has 0 spiro atoms. The second-order valence-electron chi connectivity index (χ2n) is 8.22. The Balaban J connectivity index is 1.61. The number of quaternary nitrogens is 1. The van der Waals surface area contributed by atoms with Crippen LogP contribution in [0.2, 0.25) is 0 Å². The number of hydrogen-bond acceptors (Lipinski definition) is 3. The monoisotopic (exact) mass is 409 g/mol. The lowest BCUT2D eigenvalue weighted by Gasteiger charge is -2.26. The number of anilines is 1. The van der Waals surface area contributed by atoms with E-state index in [1.807, 2.05) is 51.4 Å².